The standard InChI is InChI=1S/C10H13NO3S/c12-10-7-11(15(13,14)8-10)6-9-4-2-1-3-5-9/h1-5,10,12H,6-8H2. The summed E-state index contributed by atoms with van der Waals surface area (Å²) < 4.78 is 24.4. The molecule has 1 fully saturated rings. The highest BCUT2D eigenvalue weighted by atomic mass is 32.2. The molecule has 1 heterocycles. The number of β-amino-alcohol motifs (C(OH)–C–C–N with tert-alkyl or cyclic N) is 1. The molecule has 4 nitrogen and oxygen atoms in total. The molecule has 1 aromatic carbocycles. The molecule has 1 N–H and O–H groups in total. The largest absolute Gasteiger partial charge is 0.391 e. The van der Waals surface area contributed by atoms with Gasteiger partial charge in [0.25, 0.3) is 0 Å². The Kier molecular flexibility index (Phi) is 2.77. The number of nitrogens with zero attached hydrogens (tertiary/aromatic N) is 1. The molecule has 0 radical (unpaired) electrons. The maximum atomic E-state index is 11.5. The molecule has 0 aromatic heterocycles. The van der Waals surface area contributed by atoms with Gasteiger partial charge in [-0.05, 0) is 5.56 Å². The highest BCUT2D eigenvalue weighted by Gasteiger charge is 2.34. The molecule has 15 heavy (non-hydrogen) atoms. The average molecular weight is 227 g/mol. The molecule has 0 spiro atoms. The van der Waals surface area contributed by atoms with E-state index in [1.54, 1.807) is 0 Å². The quantitative estimate of drug-likeness (QED) is 0.785. The Hall–Kier alpha value is -0.910. The predicted octanol–water partition coefficient (Wildman–Crippen LogP) is 0.193. The highest BCUT2D eigenvalue weighted by Crippen LogP contribution is 2.17. The van der Waals surface area contributed by atoms with Gasteiger partial charge in [0.05, 0.1) is 11.9 Å². The number of sulfonamides is 1. The zero-order valence-corrected chi connectivity index (χ0v) is 9.02. The van der Waals surface area contributed by atoms with E-state index in [-0.39, 0.29) is 12.3 Å². The van der Waals surface area contributed by atoms with Crippen LogP contribution >= 0.6 is 0 Å². The van der Waals surface area contributed by atoms with E-state index in [1.165, 1.54) is 4.31 Å². The molecule has 1 aliphatic heterocycles. The number of hydrogen-bond acceptors (Lipinski definition) is 3. The van der Waals surface area contributed by atoms with Crippen LogP contribution in [0.4, 0.5) is 0 Å². The van der Waals surface area contributed by atoms with Crippen molar-refractivity contribution < 1.29 is 13.5 Å². The van der Waals surface area contributed by atoms with Crippen LogP contribution in [0.2, 0.25) is 0 Å². The molecule has 82 valence electrons. The Bertz CT molecular complexity index is 429. The Morgan fingerprint density at radius 3 is 2.53 bits per heavy atom. The molecule has 0 aliphatic carbocycles. The number of aliphatic hydroxyl groups is 1. The predicted molar refractivity (Wildman–Crippen MR) is 56.6 cm³/mol. The third-order valence-corrected chi connectivity index (χ3v) is 4.28. The fourth-order valence-electron chi connectivity index (χ4n) is 1.70. The lowest BCUT2D eigenvalue weighted by Gasteiger charge is -2.13. The van der Waals surface area contributed by atoms with Crippen LogP contribution in [0, 0.1) is 0 Å². The van der Waals surface area contributed by atoms with Crippen molar-refractivity contribution in [2.75, 3.05) is 12.3 Å². The summed E-state index contributed by atoms with van der Waals surface area (Å²) in [5.74, 6) is -0.153. The fourth-order valence-corrected chi connectivity index (χ4v) is 3.25. The SMILES string of the molecule is O=S1(=O)CC(O)CN1Cc1ccccc1. The summed E-state index contributed by atoms with van der Waals surface area (Å²) in [6.07, 6.45) is -0.751. The van der Waals surface area contributed by atoms with Gasteiger partial charge in [-0.15, -0.1) is 0 Å². The minimum atomic E-state index is -3.25. The Morgan fingerprint density at radius 2 is 2.00 bits per heavy atom. The summed E-state index contributed by atoms with van der Waals surface area (Å²) >= 11 is 0. The summed E-state index contributed by atoms with van der Waals surface area (Å²) in [4.78, 5) is 0. The zero-order chi connectivity index (χ0) is 10.9. The number of benzene rings is 1. The molecule has 5 heteroatoms. The van der Waals surface area contributed by atoms with Crippen LogP contribution in [0.15, 0.2) is 30.3 Å². The molecule has 0 bridgehead atoms. The minimum Gasteiger partial charge on any atom is -0.391 e. The lowest BCUT2D eigenvalue weighted by Crippen LogP contribution is -2.25. The number of hydrogen-bond donors (Lipinski definition) is 1. The molecule has 2 rings (SSSR count). The van der Waals surface area contributed by atoms with E-state index in [2.05, 4.69) is 0 Å². The van der Waals surface area contributed by atoms with Crippen LogP contribution in [-0.4, -0.2) is 36.2 Å². The van der Waals surface area contributed by atoms with Gasteiger partial charge < -0.3 is 5.11 Å². The highest BCUT2D eigenvalue weighted by molar-refractivity contribution is 7.89. The lowest BCUT2D eigenvalue weighted by atomic mass is 10.2. The van der Waals surface area contributed by atoms with E-state index in [9.17, 15) is 13.5 Å². The molecule has 1 aromatic rings. The van der Waals surface area contributed by atoms with Crippen LogP contribution in [0.1, 0.15) is 5.56 Å². The minimum absolute atomic E-state index is 0.153. The van der Waals surface area contributed by atoms with Crippen molar-refractivity contribution in [3.05, 3.63) is 35.9 Å². The maximum absolute atomic E-state index is 11.5. The molecule has 1 unspecified atom stereocenters. The normalized spacial score (nSPS) is 25.5. The Morgan fingerprint density at radius 1 is 1.33 bits per heavy atom. The lowest BCUT2D eigenvalue weighted by molar-refractivity contribution is 0.185. The van der Waals surface area contributed by atoms with Gasteiger partial charge in [-0.2, -0.15) is 4.31 Å². The summed E-state index contributed by atoms with van der Waals surface area (Å²) in [5.41, 5.74) is 0.940. The van der Waals surface area contributed by atoms with Gasteiger partial charge in [0.15, 0.2) is 0 Å². The van der Waals surface area contributed by atoms with Gasteiger partial charge in [0.1, 0.15) is 0 Å². The smallest absolute Gasteiger partial charge is 0.217 e. The van der Waals surface area contributed by atoms with E-state index < -0.39 is 16.1 Å². The summed E-state index contributed by atoms with van der Waals surface area (Å²) in [5, 5.41) is 9.29. The van der Waals surface area contributed by atoms with Crippen molar-refractivity contribution >= 4 is 10.0 Å². The van der Waals surface area contributed by atoms with E-state index in [4.69, 9.17) is 0 Å². The van der Waals surface area contributed by atoms with Gasteiger partial charge in [0.2, 0.25) is 10.0 Å². The third kappa shape index (κ3) is 2.37. The first kappa shape index (κ1) is 10.6. The van der Waals surface area contributed by atoms with Gasteiger partial charge >= 0.3 is 0 Å². The third-order valence-electron chi connectivity index (χ3n) is 2.41. The molecule has 0 amide bonds. The van der Waals surface area contributed by atoms with E-state index in [0.717, 1.165) is 5.56 Å². The number of rotatable bonds is 2. The van der Waals surface area contributed by atoms with Crippen LogP contribution in [0.25, 0.3) is 0 Å². The average Bonchev–Trinajstić information content (AvgIpc) is 2.41. The fraction of sp³-hybridized carbons (Fsp3) is 0.400. The van der Waals surface area contributed by atoms with Crippen LogP contribution in [-0.2, 0) is 16.6 Å². The van der Waals surface area contributed by atoms with Gasteiger partial charge in [-0.25, -0.2) is 8.42 Å². The van der Waals surface area contributed by atoms with E-state index in [0.29, 0.717) is 6.54 Å². The Balaban J connectivity index is 2.14. The number of aliphatic hydroxyl groups excluding tert-OH is 1. The van der Waals surface area contributed by atoms with Gasteiger partial charge in [-0.1, -0.05) is 30.3 Å². The second-order valence-corrected chi connectivity index (χ2v) is 5.72. The monoisotopic (exact) mass is 227 g/mol. The molecular formula is C10H13NO3S. The first-order chi connectivity index (χ1) is 7.08. The molecule has 1 atom stereocenters. The first-order valence-electron chi connectivity index (χ1n) is 4.78. The van der Waals surface area contributed by atoms with Crippen molar-refractivity contribution in [2.45, 2.75) is 12.6 Å². The van der Waals surface area contributed by atoms with E-state index >= 15 is 0 Å². The topological polar surface area (TPSA) is 57.6 Å². The van der Waals surface area contributed by atoms with Crippen molar-refractivity contribution in [2.24, 2.45) is 0 Å². The van der Waals surface area contributed by atoms with Gasteiger partial charge in [-0.3, -0.25) is 0 Å². The van der Waals surface area contributed by atoms with Crippen molar-refractivity contribution in [3.63, 3.8) is 0 Å². The second-order valence-electron chi connectivity index (χ2n) is 3.71. The molecule has 1 saturated heterocycles. The molecular weight excluding hydrogens is 214 g/mol. The van der Waals surface area contributed by atoms with Crippen molar-refractivity contribution in [3.8, 4) is 0 Å². The maximum Gasteiger partial charge on any atom is 0.217 e. The summed E-state index contributed by atoms with van der Waals surface area (Å²) in [7, 11) is -3.25. The van der Waals surface area contributed by atoms with Crippen LogP contribution in [0.5, 0.6) is 0 Å². The van der Waals surface area contributed by atoms with Crippen molar-refractivity contribution in [1.82, 2.24) is 4.31 Å². The van der Waals surface area contributed by atoms with Crippen LogP contribution in [0.3, 0.4) is 0 Å². The summed E-state index contributed by atoms with van der Waals surface area (Å²) in [6.45, 7) is 0.553. The van der Waals surface area contributed by atoms with Crippen LogP contribution < -0.4 is 0 Å². The second kappa shape index (κ2) is 3.92. The van der Waals surface area contributed by atoms with Crippen molar-refractivity contribution in [1.29, 1.82) is 0 Å². The van der Waals surface area contributed by atoms with Gasteiger partial charge in [0, 0.05) is 13.1 Å². The molecule has 1 aliphatic rings. The zero-order valence-electron chi connectivity index (χ0n) is 8.20. The first-order valence-corrected chi connectivity index (χ1v) is 6.39. The summed E-state index contributed by atoms with van der Waals surface area (Å²) in [6, 6.07) is 9.38. The Labute approximate surface area is 89.2 Å². The molecule has 0 saturated carbocycles. The van der Waals surface area contributed by atoms with E-state index in [1.807, 2.05) is 30.3 Å².